The van der Waals surface area contributed by atoms with Crippen LogP contribution in [0.15, 0.2) is 40.9 Å². The minimum atomic E-state index is -1.56. The number of nitrogens with two attached hydrogens (primary N) is 1. The van der Waals surface area contributed by atoms with Gasteiger partial charge in [-0.2, -0.15) is 0 Å². The van der Waals surface area contributed by atoms with E-state index < -0.39 is 24.0 Å². The quantitative estimate of drug-likeness (QED) is 0.595. The molecular weight excluding hydrogens is 370 g/mol. The number of amides is 2. The monoisotopic (exact) mass is 393 g/mol. The van der Waals surface area contributed by atoms with E-state index in [1.165, 1.54) is 19.8 Å². The van der Waals surface area contributed by atoms with Gasteiger partial charge in [-0.05, 0) is 50.5 Å². The van der Waals surface area contributed by atoms with E-state index in [0.29, 0.717) is 28.2 Å². The van der Waals surface area contributed by atoms with Gasteiger partial charge in [-0.3, -0.25) is 14.6 Å². The van der Waals surface area contributed by atoms with E-state index in [-0.39, 0.29) is 0 Å². The Morgan fingerprint density at radius 1 is 1.28 bits per heavy atom. The Labute approximate surface area is 167 Å². The number of primary amides is 1. The van der Waals surface area contributed by atoms with E-state index in [0.717, 1.165) is 16.8 Å². The summed E-state index contributed by atoms with van der Waals surface area (Å²) in [6, 6.07) is 9.68. The molecule has 2 heterocycles. The zero-order valence-corrected chi connectivity index (χ0v) is 16.4. The van der Waals surface area contributed by atoms with Crippen molar-refractivity contribution in [3.63, 3.8) is 0 Å². The first kappa shape index (κ1) is 19.1. The average molecular weight is 393 g/mol. The zero-order chi connectivity index (χ0) is 20.8. The van der Waals surface area contributed by atoms with Gasteiger partial charge < -0.3 is 20.6 Å². The van der Waals surface area contributed by atoms with Crippen molar-refractivity contribution in [3.05, 3.63) is 53.5 Å². The van der Waals surface area contributed by atoms with Crippen molar-refractivity contribution in [2.75, 3.05) is 6.61 Å². The van der Waals surface area contributed by atoms with Crippen LogP contribution in [0.3, 0.4) is 0 Å². The van der Waals surface area contributed by atoms with Crippen LogP contribution in [0.25, 0.3) is 22.1 Å². The molecule has 1 saturated carbocycles. The summed E-state index contributed by atoms with van der Waals surface area (Å²) in [6.45, 7) is 2.46. The molecule has 0 aliphatic heterocycles. The normalized spacial score (nSPS) is 15.8. The van der Waals surface area contributed by atoms with E-state index in [1.807, 2.05) is 36.5 Å². The summed E-state index contributed by atoms with van der Waals surface area (Å²) < 4.78 is 5.72. The number of fused-ring (bicyclic) bond motifs is 1. The predicted octanol–water partition coefficient (Wildman–Crippen LogP) is 2.65. The molecule has 1 fully saturated rings. The minimum Gasteiger partial charge on any atom is -0.461 e. The first-order chi connectivity index (χ1) is 13.8. The van der Waals surface area contributed by atoms with Crippen molar-refractivity contribution < 1.29 is 19.1 Å². The third-order valence-corrected chi connectivity index (χ3v) is 5.46. The molecule has 1 aliphatic carbocycles. The van der Waals surface area contributed by atoms with Gasteiger partial charge in [0.2, 0.25) is 5.91 Å². The number of hydrogen-bond donors (Lipinski definition) is 3. The summed E-state index contributed by atoms with van der Waals surface area (Å²) in [5, 5.41) is 12.6. The smallest absolute Gasteiger partial charge is 0.256 e. The fraction of sp³-hybridized carbons (Fsp3) is 0.318. The molecule has 1 atom stereocenters. The Morgan fingerprint density at radius 3 is 2.59 bits per heavy atom. The van der Waals surface area contributed by atoms with Crippen molar-refractivity contribution in [3.8, 4) is 11.1 Å². The van der Waals surface area contributed by atoms with Gasteiger partial charge in [0.05, 0.1) is 12.2 Å². The molecule has 150 valence electrons. The molecule has 4 rings (SSSR count). The highest BCUT2D eigenvalue weighted by Gasteiger charge is 2.34. The van der Waals surface area contributed by atoms with E-state index in [2.05, 4.69) is 10.3 Å². The van der Waals surface area contributed by atoms with Crippen LogP contribution in [0, 0.1) is 6.92 Å². The standard InChI is InChI=1S/C22H23N3O4/c1-12-19(20(27)25-22(2,11-26)21(23)28)16-9-14(6-8-18(16)29-12)15-5-7-17(24-10-15)13-3-4-13/h5-10,13,26H,3-4,11H2,1-2H3,(H2,23,28)(H,25,27)/t22-/m0/s1. The second kappa shape index (κ2) is 7.00. The highest BCUT2D eigenvalue weighted by molar-refractivity contribution is 6.09. The highest BCUT2D eigenvalue weighted by Crippen LogP contribution is 2.39. The molecule has 0 bridgehead atoms. The summed E-state index contributed by atoms with van der Waals surface area (Å²) in [5.74, 6) is -0.344. The number of aryl methyl sites for hydroxylation is 1. The average Bonchev–Trinajstić information content (AvgIpc) is 3.49. The Bertz CT molecular complexity index is 1100. The maximum absolute atomic E-state index is 12.9. The fourth-order valence-electron chi connectivity index (χ4n) is 3.37. The summed E-state index contributed by atoms with van der Waals surface area (Å²) in [6.07, 6.45) is 4.24. The number of nitrogens with zero attached hydrogens (tertiary/aromatic N) is 1. The highest BCUT2D eigenvalue weighted by atomic mass is 16.3. The number of aliphatic hydroxyl groups is 1. The number of rotatable bonds is 6. The second-order valence-corrected chi connectivity index (χ2v) is 7.80. The molecule has 2 amide bonds. The van der Waals surface area contributed by atoms with E-state index in [9.17, 15) is 14.7 Å². The molecule has 7 nitrogen and oxygen atoms in total. The van der Waals surface area contributed by atoms with Crippen LogP contribution < -0.4 is 11.1 Å². The number of carbonyl (C=O) groups excluding carboxylic acids is 2. The van der Waals surface area contributed by atoms with Gasteiger partial charge >= 0.3 is 0 Å². The lowest BCUT2D eigenvalue weighted by atomic mass is 10.00. The maximum Gasteiger partial charge on any atom is 0.256 e. The molecule has 4 N–H and O–H groups in total. The van der Waals surface area contributed by atoms with Gasteiger partial charge in [0.25, 0.3) is 5.91 Å². The number of pyridine rings is 1. The van der Waals surface area contributed by atoms with Crippen molar-refractivity contribution in [1.29, 1.82) is 0 Å². The number of hydrogen-bond acceptors (Lipinski definition) is 5. The summed E-state index contributed by atoms with van der Waals surface area (Å²) in [5.41, 5.74) is 7.60. The molecule has 7 heteroatoms. The van der Waals surface area contributed by atoms with Crippen molar-refractivity contribution in [2.45, 2.75) is 38.1 Å². The lowest BCUT2D eigenvalue weighted by Crippen LogP contribution is -2.57. The van der Waals surface area contributed by atoms with Crippen LogP contribution in [0.2, 0.25) is 0 Å². The lowest BCUT2D eigenvalue weighted by Gasteiger charge is -2.24. The Kier molecular flexibility index (Phi) is 4.62. The Morgan fingerprint density at radius 2 is 2.00 bits per heavy atom. The summed E-state index contributed by atoms with van der Waals surface area (Å²) in [7, 11) is 0. The SMILES string of the molecule is Cc1oc2ccc(-c3ccc(C4CC4)nc3)cc2c1C(=O)N[C@@](C)(CO)C(N)=O. The minimum absolute atomic E-state index is 0.310. The van der Waals surface area contributed by atoms with Crippen molar-refractivity contribution in [2.24, 2.45) is 5.73 Å². The molecule has 1 aliphatic rings. The number of aromatic nitrogens is 1. The third kappa shape index (κ3) is 3.49. The lowest BCUT2D eigenvalue weighted by molar-refractivity contribution is -0.124. The molecule has 1 aromatic carbocycles. The van der Waals surface area contributed by atoms with E-state index in [1.54, 1.807) is 6.92 Å². The largest absolute Gasteiger partial charge is 0.461 e. The Balaban J connectivity index is 1.71. The number of furan rings is 1. The van der Waals surface area contributed by atoms with Gasteiger partial charge in [0.1, 0.15) is 16.9 Å². The third-order valence-electron chi connectivity index (χ3n) is 5.46. The number of benzene rings is 1. The number of carbonyl (C=O) groups is 2. The molecule has 29 heavy (non-hydrogen) atoms. The maximum atomic E-state index is 12.9. The molecular formula is C22H23N3O4. The second-order valence-electron chi connectivity index (χ2n) is 7.80. The summed E-state index contributed by atoms with van der Waals surface area (Å²) in [4.78, 5) is 29.1. The van der Waals surface area contributed by atoms with Crippen molar-refractivity contribution in [1.82, 2.24) is 10.3 Å². The first-order valence-corrected chi connectivity index (χ1v) is 9.55. The first-order valence-electron chi connectivity index (χ1n) is 9.55. The van der Waals surface area contributed by atoms with Gasteiger partial charge in [-0.25, -0.2) is 0 Å². The van der Waals surface area contributed by atoms with E-state index >= 15 is 0 Å². The zero-order valence-electron chi connectivity index (χ0n) is 16.4. The van der Waals surface area contributed by atoms with Crippen molar-refractivity contribution >= 4 is 22.8 Å². The van der Waals surface area contributed by atoms with Crippen LogP contribution in [0.5, 0.6) is 0 Å². The van der Waals surface area contributed by atoms with E-state index in [4.69, 9.17) is 10.2 Å². The number of nitrogens with one attached hydrogen (secondary N) is 1. The van der Waals surface area contributed by atoms with Crippen LogP contribution in [0.1, 0.15) is 47.5 Å². The number of aliphatic hydroxyl groups excluding tert-OH is 1. The van der Waals surface area contributed by atoms with Gasteiger partial charge in [-0.15, -0.1) is 0 Å². The molecule has 0 unspecified atom stereocenters. The molecule has 0 saturated heterocycles. The molecule has 2 aromatic heterocycles. The van der Waals surface area contributed by atoms with Gasteiger partial charge in [0, 0.05) is 28.8 Å². The fourth-order valence-corrected chi connectivity index (χ4v) is 3.37. The Hall–Kier alpha value is -3.19. The predicted molar refractivity (Wildman–Crippen MR) is 108 cm³/mol. The topological polar surface area (TPSA) is 118 Å². The van der Waals surface area contributed by atoms with Gasteiger partial charge in [0.15, 0.2) is 0 Å². The molecule has 0 spiro atoms. The van der Waals surface area contributed by atoms with Crippen LogP contribution in [0.4, 0.5) is 0 Å². The van der Waals surface area contributed by atoms with Crippen LogP contribution >= 0.6 is 0 Å². The summed E-state index contributed by atoms with van der Waals surface area (Å²) >= 11 is 0. The van der Waals surface area contributed by atoms with Crippen LogP contribution in [-0.2, 0) is 4.79 Å². The molecule has 0 radical (unpaired) electrons. The van der Waals surface area contributed by atoms with Gasteiger partial charge in [-0.1, -0.05) is 12.1 Å². The molecule has 3 aromatic rings. The van der Waals surface area contributed by atoms with Crippen LogP contribution in [-0.4, -0.2) is 34.1 Å².